The van der Waals surface area contributed by atoms with Gasteiger partial charge in [0.25, 0.3) is 0 Å². The van der Waals surface area contributed by atoms with E-state index in [1.54, 1.807) is 11.8 Å². The van der Waals surface area contributed by atoms with Gasteiger partial charge in [0.15, 0.2) is 0 Å². The van der Waals surface area contributed by atoms with E-state index < -0.39 is 5.97 Å². The molecule has 0 amide bonds. The van der Waals surface area contributed by atoms with E-state index in [0.29, 0.717) is 22.7 Å². The number of carbonyl (C=O) groups is 1. The first-order chi connectivity index (χ1) is 14.2. The molecule has 3 aromatic carbocycles. The van der Waals surface area contributed by atoms with Crippen LogP contribution in [0.5, 0.6) is 5.75 Å². The minimum Gasteiger partial charge on any atom is -0.496 e. The fourth-order valence-electron chi connectivity index (χ4n) is 3.36. The van der Waals surface area contributed by atoms with Crippen molar-refractivity contribution >= 4 is 5.97 Å². The van der Waals surface area contributed by atoms with E-state index >= 15 is 0 Å². The number of rotatable bonds is 5. The first-order valence-corrected chi connectivity index (χ1v) is 9.20. The van der Waals surface area contributed by atoms with Gasteiger partial charge >= 0.3 is 5.97 Å². The fourth-order valence-corrected chi connectivity index (χ4v) is 3.36. The van der Waals surface area contributed by atoms with Gasteiger partial charge in [-0.1, -0.05) is 60.7 Å². The Morgan fingerprint density at radius 1 is 0.828 bits per heavy atom. The topological polar surface area (TPSA) is 53.3 Å². The second-order valence-corrected chi connectivity index (χ2v) is 6.38. The zero-order valence-corrected chi connectivity index (χ0v) is 16.2. The Kier molecular flexibility index (Phi) is 5.12. The highest BCUT2D eigenvalue weighted by molar-refractivity contribution is 6.03. The molecular weight excluding hydrogens is 364 g/mol. The van der Waals surface area contributed by atoms with Gasteiger partial charge in [-0.25, -0.2) is 9.48 Å². The van der Waals surface area contributed by atoms with Crippen molar-refractivity contribution < 1.29 is 14.3 Å². The molecule has 0 bridgehead atoms. The molecule has 0 aliphatic carbocycles. The average Bonchev–Trinajstić information content (AvgIpc) is 3.20. The Bertz CT molecular complexity index is 1140. The molecule has 0 atom stereocenters. The van der Waals surface area contributed by atoms with Crippen molar-refractivity contribution in [3.8, 4) is 34.0 Å². The molecule has 5 heteroatoms. The highest BCUT2D eigenvalue weighted by Gasteiger charge is 2.28. The number of methoxy groups -OCH3 is 2. The molecule has 0 aliphatic heterocycles. The molecule has 29 heavy (non-hydrogen) atoms. The lowest BCUT2D eigenvalue weighted by Gasteiger charge is -2.12. The monoisotopic (exact) mass is 384 g/mol. The minimum absolute atomic E-state index is 0.395. The standard InChI is InChI=1S/C24H20N2O3/c1-28-20-16-10-9-15-19(20)23-21(24(27)29-2)22(17-11-5-3-6-12-17)25-26(23)18-13-7-4-8-14-18/h3-16H,1-2H3. The number of carbonyl (C=O) groups excluding carboxylic acids is 1. The molecule has 5 nitrogen and oxygen atoms in total. The van der Waals surface area contributed by atoms with Gasteiger partial charge in [-0.15, -0.1) is 0 Å². The van der Waals surface area contributed by atoms with Crippen LogP contribution >= 0.6 is 0 Å². The Balaban J connectivity index is 2.11. The SMILES string of the molecule is COC(=O)c1c(-c2ccccc2)nn(-c2ccccc2)c1-c1ccccc1OC. The molecule has 4 rings (SSSR count). The summed E-state index contributed by atoms with van der Waals surface area (Å²) in [5, 5.41) is 4.83. The summed E-state index contributed by atoms with van der Waals surface area (Å²) in [5.74, 6) is 0.196. The maximum absolute atomic E-state index is 12.9. The van der Waals surface area contributed by atoms with Crippen molar-refractivity contribution in [2.24, 2.45) is 0 Å². The van der Waals surface area contributed by atoms with Crippen LogP contribution in [0.3, 0.4) is 0 Å². The predicted molar refractivity (Wildman–Crippen MR) is 112 cm³/mol. The highest BCUT2D eigenvalue weighted by Crippen LogP contribution is 2.38. The van der Waals surface area contributed by atoms with Crippen LogP contribution in [0.1, 0.15) is 10.4 Å². The summed E-state index contributed by atoms with van der Waals surface area (Å²) in [7, 11) is 2.99. The van der Waals surface area contributed by atoms with Crippen LogP contribution in [-0.2, 0) is 4.74 Å². The Hall–Kier alpha value is -3.86. The van der Waals surface area contributed by atoms with Gasteiger partial charge in [0.2, 0.25) is 0 Å². The van der Waals surface area contributed by atoms with E-state index in [1.807, 2.05) is 84.9 Å². The molecule has 0 unspecified atom stereocenters. The molecule has 0 radical (unpaired) electrons. The summed E-state index contributed by atoms with van der Waals surface area (Å²) in [5.41, 5.74) is 4.00. The van der Waals surface area contributed by atoms with Crippen LogP contribution < -0.4 is 4.74 Å². The number of esters is 1. The van der Waals surface area contributed by atoms with Gasteiger partial charge in [-0.3, -0.25) is 0 Å². The predicted octanol–water partition coefficient (Wildman–Crippen LogP) is 5.00. The third-order valence-electron chi connectivity index (χ3n) is 4.69. The van der Waals surface area contributed by atoms with Crippen LogP contribution in [0.4, 0.5) is 0 Å². The highest BCUT2D eigenvalue weighted by atomic mass is 16.5. The van der Waals surface area contributed by atoms with Crippen LogP contribution in [-0.4, -0.2) is 30.0 Å². The molecule has 0 aliphatic rings. The molecule has 0 saturated carbocycles. The molecular formula is C24H20N2O3. The number of aromatic nitrogens is 2. The normalized spacial score (nSPS) is 10.6. The molecule has 4 aromatic rings. The summed E-state index contributed by atoms with van der Waals surface area (Å²) >= 11 is 0. The van der Waals surface area contributed by atoms with Gasteiger partial charge in [-0.2, -0.15) is 5.10 Å². The van der Waals surface area contributed by atoms with Gasteiger partial charge in [0.05, 0.1) is 25.6 Å². The summed E-state index contributed by atoms with van der Waals surface area (Å²) in [6.45, 7) is 0. The third-order valence-corrected chi connectivity index (χ3v) is 4.69. The van der Waals surface area contributed by atoms with Gasteiger partial charge in [-0.05, 0) is 24.3 Å². The van der Waals surface area contributed by atoms with Crippen molar-refractivity contribution in [1.29, 1.82) is 0 Å². The molecule has 0 saturated heterocycles. The zero-order valence-electron chi connectivity index (χ0n) is 16.2. The molecule has 0 spiro atoms. The second-order valence-electron chi connectivity index (χ2n) is 6.38. The second kappa shape index (κ2) is 8.02. The minimum atomic E-state index is -0.452. The quantitative estimate of drug-likeness (QED) is 0.454. The summed E-state index contributed by atoms with van der Waals surface area (Å²) in [6.07, 6.45) is 0. The Labute approximate surface area is 169 Å². The molecule has 1 heterocycles. The maximum atomic E-state index is 12.9. The zero-order chi connectivity index (χ0) is 20.2. The van der Waals surface area contributed by atoms with Crippen LogP contribution in [0.15, 0.2) is 84.9 Å². The Morgan fingerprint density at radius 3 is 2.10 bits per heavy atom. The van der Waals surface area contributed by atoms with Crippen molar-refractivity contribution in [2.75, 3.05) is 14.2 Å². The number of para-hydroxylation sites is 2. The number of hydrogen-bond acceptors (Lipinski definition) is 4. The lowest BCUT2D eigenvalue weighted by molar-refractivity contribution is 0.0602. The van der Waals surface area contributed by atoms with E-state index in [1.165, 1.54) is 7.11 Å². The molecule has 0 fully saturated rings. The average molecular weight is 384 g/mol. The third kappa shape index (κ3) is 3.38. The van der Waals surface area contributed by atoms with Gasteiger partial charge in [0, 0.05) is 11.1 Å². The number of hydrogen-bond donors (Lipinski definition) is 0. The number of ether oxygens (including phenoxy) is 2. The van der Waals surface area contributed by atoms with Crippen molar-refractivity contribution in [3.63, 3.8) is 0 Å². The first kappa shape index (κ1) is 18.5. The van der Waals surface area contributed by atoms with E-state index in [9.17, 15) is 4.79 Å². The number of benzene rings is 3. The maximum Gasteiger partial charge on any atom is 0.342 e. The Morgan fingerprint density at radius 2 is 1.45 bits per heavy atom. The van der Waals surface area contributed by atoms with Crippen LogP contribution in [0, 0.1) is 0 Å². The lowest BCUT2D eigenvalue weighted by Crippen LogP contribution is -2.06. The van der Waals surface area contributed by atoms with E-state index in [4.69, 9.17) is 14.6 Å². The largest absolute Gasteiger partial charge is 0.496 e. The van der Waals surface area contributed by atoms with E-state index in [-0.39, 0.29) is 0 Å². The van der Waals surface area contributed by atoms with E-state index in [2.05, 4.69) is 0 Å². The summed E-state index contributed by atoms with van der Waals surface area (Å²) in [6, 6.07) is 26.9. The van der Waals surface area contributed by atoms with Crippen LogP contribution in [0.2, 0.25) is 0 Å². The number of nitrogens with zero attached hydrogens (tertiary/aromatic N) is 2. The van der Waals surface area contributed by atoms with Gasteiger partial charge in [0.1, 0.15) is 17.0 Å². The molecule has 1 aromatic heterocycles. The summed E-state index contributed by atoms with van der Waals surface area (Å²) in [4.78, 5) is 12.9. The van der Waals surface area contributed by atoms with Crippen molar-refractivity contribution in [3.05, 3.63) is 90.5 Å². The van der Waals surface area contributed by atoms with Gasteiger partial charge < -0.3 is 9.47 Å². The van der Waals surface area contributed by atoms with E-state index in [0.717, 1.165) is 16.8 Å². The molecule has 144 valence electrons. The van der Waals surface area contributed by atoms with Crippen molar-refractivity contribution in [2.45, 2.75) is 0 Å². The fraction of sp³-hybridized carbons (Fsp3) is 0.0833. The summed E-state index contributed by atoms with van der Waals surface area (Å²) < 4.78 is 12.5. The molecule has 0 N–H and O–H groups in total. The lowest BCUT2D eigenvalue weighted by atomic mass is 10.0. The van der Waals surface area contributed by atoms with Crippen molar-refractivity contribution in [1.82, 2.24) is 9.78 Å². The van der Waals surface area contributed by atoms with Crippen LogP contribution in [0.25, 0.3) is 28.2 Å². The smallest absolute Gasteiger partial charge is 0.342 e. The first-order valence-electron chi connectivity index (χ1n) is 9.20.